The van der Waals surface area contributed by atoms with Crippen LogP contribution >= 0.6 is 11.6 Å². The minimum absolute atomic E-state index is 0.0837. The van der Waals surface area contributed by atoms with Crippen molar-refractivity contribution in [2.75, 3.05) is 0 Å². The number of rotatable bonds is 3. The van der Waals surface area contributed by atoms with Gasteiger partial charge in [-0.15, -0.1) is 11.6 Å². The summed E-state index contributed by atoms with van der Waals surface area (Å²) in [5.41, 5.74) is 1.07. The molecule has 0 radical (unpaired) electrons. The maximum atomic E-state index is 13.0. The lowest BCUT2D eigenvalue weighted by atomic mass is 10.2. The Bertz CT molecular complexity index is 575. The van der Waals surface area contributed by atoms with E-state index in [-0.39, 0.29) is 17.6 Å². The van der Waals surface area contributed by atoms with Gasteiger partial charge in [-0.05, 0) is 36.8 Å². The molecule has 0 aliphatic carbocycles. The molecule has 94 valence electrons. The van der Waals surface area contributed by atoms with Gasteiger partial charge >= 0.3 is 0 Å². The average molecular weight is 270 g/mol. The normalized spacial score (nSPS) is 10.4. The molecule has 0 fully saturated rings. The number of aromatic nitrogens is 1. The third-order valence-electron chi connectivity index (χ3n) is 2.38. The van der Waals surface area contributed by atoms with Crippen LogP contribution in [0.1, 0.15) is 11.1 Å². The van der Waals surface area contributed by atoms with Crippen LogP contribution in [0.25, 0.3) is 0 Å². The lowest BCUT2D eigenvalue weighted by Gasteiger charge is -2.10. The largest absolute Gasteiger partial charge is 0.438 e. The molecule has 2 aromatic rings. The molecular weight excluding hydrogens is 260 g/mol. The van der Waals surface area contributed by atoms with E-state index in [9.17, 15) is 8.78 Å². The van der Waals surface area contributed by atoms with E-state index in [1.165, 1.54) is 24.3 Å². The van der Waals surface area contributed by atoms with Gasteiger partial charge in [0.15, 0.2) is 0 Å². The molecule has 1 aromatic carbocycles. The second-order valence-corrected chi connectivity index (χ2v) is 4.03. The fourth-order valence-electron chi connectivity index (χ4n) is 1.49. The zero-order valence-corrected chi connectivity index (χ0v) is 10.3. The zero-order valence-electron chi connectivity index (χ0n) is 9.58. The van der Waals surface area contributed by atoms with Crippen LogP contribution in [-0.4, -0.2) is 4.98 Å². The molecule has 18 heavy (non-hydrogen) atoms. The highest BCUT2D eigenvalue weighted by molar-refractivity contribution is 6.17. The zero-order chi connectivity index (χ0) is 13.1. The van der Waals surface area contributed by atoms with Crippen LogP contribution in [0.3, 0.4) is 0 Å². The van der Waals surface area contributed by atoms with Crippen LogP contribution in [0.4, 0.5) is 8.78 Å². The van der Waals surface area contributed by atoms with Gasteiger partial charge in [-0.25, -0.2) is 13.8 Å². The molecule has 0 spiro atoms. The topological polar surface area (TPSA) is 22.1 Å². The Balaban J connectivity index is 2.33. The summed E-state index contributed by atoms with van der Waals surface area (Å²) >= 11 is 5.69. The first-order valence-electron chi connectivity index (χ1n) is 5.24. The number of pyridine rings is 1. The Morgan fingerprint density at radius 3 is 2.67 bits per heavy atom. The van der Waals surface area contributed by atoms with Gasteiger partial charge in [-0.3, -0.25) is 0 Å². The molecule has 5 heteroatoms. The standard InChI is InChI=1S/C13H10ClF2NO/c1-8-4-10(15)2-3-12(8)18-13-9(6-14)5-11(16)7-17-13/h2-5,7H,6H2,1H3. The van der Waals surface area contributed by atoms with Gasteiger partial charge in [0.1, 0.15) is 17.4 Å². The number of halogens is 3. The van der Waals surface area contributed by atoms with Crippen molar-refractivity contribution >= 4 is 11.6 Å². The first kappa shape index (κ1) is 12.8. The van der Waals surface area contributed by atoms with Crippen molar-refractivity contribution in [3.05, 3.63) is 53.2 Å². The number of aryl methyl sites for hydroxylation is 1. The van der Waals surface area contributed by atoms with Crippen LogP contribution in [-0.2, 0) is 5.88 Å². The predicted molar refractivity (Wildman–Crippen MR) is 65.0 cm³/mol. The SMILES string of the molecule is Cc1cc(F)ccc1Oc1ncc(F)cc1CCl. The smallest absolute Gasteiger partial charge is 0.223 e. The van der Waals surface area contributed by atoms with E-state index in [2.05, 4.69) is 4.98 Å². The molecular formula is C13H10ClF2NO. The van der Waals surface area contributed by atoms with Crippen LogP contribution in [0.2, 0.25) is 0 Å². The van der Waals surface area contributed by atoms with E-state index < -0.39 is 5.82 Å². The van der Waals surface area contributed by atoms with Crippen LogP contribution in [0, 0.1) is 18.6 Å². The molecule has 0 atom stereocenters. The second kappa shape index (κ2) is 5.31. The quantitative estimate of drug-likeness (QED) is 0.779. The van der Waals surface area contributed by atoms with Crippen LogP contribution in [0.5, 0.6) is 11.6 Å². The predicted octanol–water partition coefficient (Wildman–Crippen LogP) is 4.20. The Labute approximate surface area is 108 Å². The summed E-state index contributed by atoms with van der Waals surface area (Å²) in [6.07, 6.45) is 1.05. The maximum absolute atomic E-state index is 13.0. The number of nitrogens with zero attached hydrogens (tertiary/aromatic N) is 1. The van der Waals surface area contributed by atoms with Gasteiger partial charge < -0.3 is 4.74 Å². The summed E-state index contributed by atoms with van der Waals surface area (Å²) in [7, 11) is 0. The lowest BCUT2D eigenvalue weighted by molar-refractivity contribution is 0.449. The molecule has 0 saturated heterocycles. The average Bonchev–Trinajstić information content (AvgIpc) is 2.34. The molecule has 0 bridgehead atoms. The van der Waals surface area contributed by atoms with Gasteiger partial charge in [-0.1, -0.05) is 0 Å². The van der Waals surface area contributed by atoms with Gasteiger partial charge in [0.25, 0.3) is 0 Å². The summed E-state index contributed by atoms with van der Waals surface area (Å²) in [6, 6.07) is 5.38. The van der Waals surface area contributed by atoms with Gasteiger partial charge in [0, 0.05) is 5.56 Å². The Kier molecular flexibility index (Phi) is 3.77. The molecule has 0 N–H and O–H groups in total. The van der Waals surface area contributed by atoms with Crippen molar-refractivity contribution in [2.45, 2.75) is 12.8 Å². The summed E-state index contributed by atoms with van der Waals surface area (Å²) < 4.78 is 31.4. The monoisotopic (exact) mass is 269 g/mol. The van der Waals surface area contributed by atoms with Crippen molar-refractivity contribution in [2.24, 2.45) is 0 Å². The molecule has 0 unspecified atom stereocenters. The van der Waals surface area contributed by atoms with Gasteiger partial charge in [0.05, 0.1) is 12.1 Å². The fraction of sp³-hybridized carbons (Fsp3) is 0.154. The fourth-order valence-corrected chi connectivity index (χ4v) is 1.68. The van der Waals surface area contributed by atoms with E-state index >= 15 is 0 Å². The Morgan fingerprint density at radius 2 is 2.00 bits per heavy atom. The maximum Gasteiger partial charge on any atom is 0.223 e. The number of benzene rings is 1. The highest BCUT2D eigenvalue weighted by Crippen LogP contribution is 2.27. The minimum atomic E-state index is -0.478. The number of hydrogen-bond acceptors (Lipinski definition) is 2. The third kappa shape index (κ3) is 2.76. The summed E-state index contributed by atoms with van der Waals surface area (Å²) in [4.78, 5) is 3.83. The van der Waals surface area contributed by atoms with E-state index in [1.807, 2.05) is 0 Å². The van der Waals surface area contributed by atoms with Crippen molar-refractivity contribution < 1.29 is 13.5 Å². The van der Waals surface area contributed by atoms with E-state index in [0.29, 0.717) is 16.9 Å². The Hall–Kier alpha value is -1.68. The summed E-state index contributed by atoms with van der Waals surface area (Å²) in [5, 5.41) is 0. The first-order chi connectivity index (χ1) is 8.60. The Morgan fingerprint density at radius 1 is 1.22 bits per heavy atom. The molecule has 0 aliphatic rings. The van der Waals surface area contributed by atoms with E-state index in [0.717, 1.165) is 6.20 Å². The van der Waals surface area contributed by atoms with Gasteiger partial charge in [-0.2, -0.15) is 0 Å². The molecule has 1 aromatic heterocycles. The van der Waals surface area contributed by atoms with E-state index in [4.69, 9.17) is 16.3 Å². The lowest BCUT2D eigenvalue weighted by Crippen LogP contribution is -1.96. The third-order valence-corrected chi connectivity index (χ3v) is 2.67. The van der Waals surface area contributed by atoms with Crippen molar-refractivity contribution in [3.63, 3.8) is 0 Å². The molecule has 0 amide bonds. The highest BCUT2D eigenvalue weighted by Gasteiger charge is 2.09. The summed E-state index contributed by atoms with van der Waals surface area (Å²) in [5.74, 6) is -0.0540. The number of alkyl halides is 1. The molecule has 2 rings (SSSR count). The molecule has 1 heterocycles. The van der Waals surface area contributed by atoms with Crippen molar-refractivity contribution in [1.29, 1.82) is 0 Å². The minimum Gasteiger partial charge on any atom is -0.438 e. The summed E-state index contributed by atoms with van der Waals surface area (Å²) in [6.45, 7) is 1.71. The van der Waals surface area contributed by atoms with Gasteiger partial charge in [0.2, 0.25) is 5.88 Å². The van der Waals surface area contributed by atoms with E-state index in [1.54, 1.807) is 6.92 Å². The van der Waals surface area contributed by atoms with Crippen LogP contribution < -0.4 is 4.74 Å². The van der Waals surface area contributed by atoms with Crippen molar-refractivity contribution in [3.8, 4) is 11.6 Å². The molecule has 0 saturated carbocycles. The highest BCUT2D eigenvalue weighted by atomic mass is 35.5. The number of ether oxygens (including phenoxy) is 1. The number of hydrogen-bond donors (Lipinski definition) is 0. The van der Waals surface area contributed by atoms with Crippen molar-refractivity contribution in [1.82, 2.24) is 4.98 Å². The second-order valence-electron chi connectivity index (χ2n) is 3.76. The van der Waals surface area contributed by atoms with Crippen LogP contribution in [0.15, 0.2) is 30.5 Å². The molecule has 0 aliphatic heterocycles. The molecule has 2 nitrogen and oxygen atoms in total. The first-order valence-corrected chi connectivity index (χ1v) is 5.78.